The van der Waals surface area contributed by atoms with Crippen LogP contribution in [0.25, 0.3) is 0 Å². The minimum absolute atomic E-state index is 0.217. The van der Waals surface area contributed by atoms with Crippen molar-refractivity contribution in [3.05, 3.63) is 62.6 Å². The molecule has 0 saturated heterocycles. The van der Waals surface area contributed by atoms with Crippen molar-refractivity contribution in [2.45, 2.75) is 12.5 Å². The molecule has 106 valence electrons. The van der Waals surface area contributed by atoms with Crippen LogP contribution in [0.3, 0.4) is 0 Å². The first kappa shape index (κ1) is 15.5. The van der Waals surface area contributed by atoms with Gasteiger partial charge in [-0.25, -0.2) is 0 Å². The van der Waals surface area contributed by atoms with Crippen molar-refractivity contribution in [1.29, 1.82) is 0 Å². The van der Waals surface area contributed by atoms with Crippen LogP contribution in [0.5, 0.6) is 5.75 Å². The van der Waals surface area contributed by atoms with Gasteiger partial charge in [-0.2, -0.15) is 0 Å². The van der Waals surface area contributed by atoms with E-state index in [0.717, 1.165) is 11.1 Å². The zero-order valence-corrected chi connectivity index (χ0v) is 13.1. The molecule has 2 nitrogen and oxygen atoms in total. The van der Waals surface area contributed by atoms with Crippen LogP contribution in [-0.4, -0.2) is 7.11 Å². The van der Waals surface area contributed by atoms with Crippen molar-refractivity contribution in [2.24, 2.45) is 5.73 Å². The number of methoxy groups -OCH3 is 1. The molecule has 0 spiro atoms. The Morgan fingerprint density at radius 3 is 2.35 bits per heavy atom. The fourth-order valence-corrected chi connectivity index (χ4v) is 2.60. The van der Waals surface area contributed by atoms with Crippen molar-refractivity contribution in [3.63, 3.8) is 0 Å². The van der Waals surface area contributed by atoms with Crippen LogP contribution in [0.1, 0.15) is 17.2 Å². The molecule has 0 bridgehead atoms. The molecule has 0 aliphatic rings. The Hall–Kier alpha value is -0.930. The minimum Gasteiger partial charge on any atom is -0.497 e. The van der Waals surface area contributed by atoms with E-state index in [1.54, 1.807) is 19.2 Å². The number of rotatable bonds is 4. The van der Waals surface area contributed by atoms with Crippen molar-refractivity contribution in [3.8, 4) is 5.75 Å². The van der Waals surface area contributed by atoms with Crippen LogP contribution in [0.4, 0.5) is 0 Å². The van der Waals surface area contributed by atoms with Gasteiger partial charge in [-0.05, 0) is 41.8 Å². The molecule has 20 heavy (non-hydrogen) atoms. The van der Waals surface area contributed by atoms with E-state index < -0.39 is 0 Å². The summed E-state index contributed by atoms with van der Waals surface area (Å²) in [6.45, 7) is 0. The summed E-state index contributed by atoms with van der Waals surface area (Å²) in [6, 6.07) is 10.8. The number of halogens is 3. The number of hydrogen-bond acceptors (Lipinski definition) is 2. The molecular weight excluding hydrogens is 317 g/mol. The third-order valence-electron chi connectivity index (χ3n) is 3.05. The average molecular weight is 331 g/mol. The molecule has 2 N–H and O–H groups in total. The molecule has 0 aliphatic carbocycles. The molecule has 0 amide bonds. The summed E-state index contributed by atoms with van der Waals surface area (Å²) < 4.78 is 5.12. The van der Waals surface area contributed by atoms with Gasteiger partial charge in [-0.1, -0.05) is 46.9 Å². The fraction of sp³-hybridized carbons (Fsp3) is 0.200. The molecule has 2 aromatic carbocycles. The maximum atomic E-state index is 6.22. The van der Waals surface area contributed by atoms with E-state index in [0.29, 0.717) is 27.2 Å². The van der Waals surface area contributed by atoms with Crippen LogP contribution in [0, 0.1) is 0 Å². The number of ether oxygens (including phenoxy) is 1. The minimum atomic E-state index is -0.217. The standard InChI is InChI=1S/C15H14Cl3NO/c1-20-10-3-4-11(13(17)8-10)15(19)7-9-2-5-12(16)14(18)6-9/h2-6,8,15H,7,19H2,1H3. The third-order valence-corrected chi connectivity index (χ3v) is 4.11. The molecule has 5 heteroatoms. The summed E-state index contributed by atoms with van der Waals surface area (Å²) >= 11 is 18.1. The first-order valence-corrected chi connectivity index (χ1v) is 7.17. The average Bonchev–Trinajstić information content (AvgIpc) is 2.42. The maximum absolute atomic E-state index is 6.22. The lowest BCUT2D eigenvalue weighted by Gasteiger charge is -2.15. The molecule has 0 radical (unpaired) electrons. The Morgan fingerprint density at radius 1 is 1.00 bits per heavy atom. The van der Waals surface area contributed by atoms with Crippen molar-refractivity contribution in [2.75, 3.05) is 7.11 Å². The van der Waals surface area contributed by atoms with E-state index in [2.05, 4.69) is 0 Å². The normalized spacial score (nSPS) is 12.2. The van der Waals surface area contributed by atoms with Gasteiger partial charge in [0.05, 0.1) is 17.2 Å². The summed E-state index contributed by atoms with van der Waals surface area (Å²) in [5.74, 6) is 0.709. The highest BCUT2D eigenvalue weighted by molar-refractivity contribution is 6.42. The molecule has 2 aromatic rings. The lowest BCUT2D eigenvalue weighted by molar-refractivity contribution is 0.414. The summed E-state index contributed by atoms with van der Waals surface area (Å²) in [5.41, 5.74) is 8.09. The lowest BCUT2D eigenvalue weighted by Crippen LogP contribution is -2.14. The van der Waals surface area contributed by atoms with Crippen LogP contribution in [0.15, 0.2) is 36.4 Å². The Morgan fingerprint density at radius 2 is 1.75 bits per heavy atom. The molecule has 0 fully saturated rings. The van der Waals surface area contributed by atoms with E-state index in [-0.39, 0.29) is 6.04 Å². The Kier molecular flexibility index (Phi) is 5.17. The van der Waals surface area contributed by atoms with Gasteiger partial charge >= 0.3 is 0 Å². The zero-order valence-electron chi connectivity index (χ0n) is 10.9. The maximum Gasteiger partial charge on any atom is 0.120 e. The van der Waals surface area contributed by atoms with Crippen molar-refractivity contribution >= 4 is 34.8 Å². The molecule has 0 aliphatic heterocycles. The highest BCUT2D eigenvalue weighted by atomic mass is 35.5. The van der Waals surface area contributed by atoms with Crippen LogP contribution in [0.2, 0.25) is 15.1 Å². The predicted molar refractivity (Wildman–Crippen MR) is 85.1 cm³/mol. The summed E-state index contributed by atoms with van der Waals surface area (Å²) in [6.07, 6.45) is 0.628. The van der Waals surface area contributed by atoms with Crippen molar-refractivity contribution < 1.29 is 4.74 Å². The summed E-state index contributed by atoms with van der Waals surface area (Å²) in [7, 11) is 1.60. The Labute approximate surface area is 133 Å². The van der Waals surface area contributed by atoms with Gasteiger partial charge in [-0.3, -0.25) is 0 Å². The fourth-order valence-electron chi connectivity index (χ4n) is 1.97. The monoisotopic (exact) mass is 329 g/mol. The molecule has 0 heterocycles. The van der Waals surface area contributed by atoms with Gasteiger partial charge in [0, 0.05) is 11.1 Å². The SMILES string of the molecule is COc1ccc(C(N)Cc2ccc(Cl)c(Cl)c2)c(Cl)c1. The van der Waals surface area contributed by atoms with Crippen LogP contribution in [-0.2, 0) is 6.42 Å². The molecule has 1 unspecified atom stereocenters. The highest BCUT2D eigenvalue weighted by Gasteiger charge is 2.12. The largest absolute Gasteiger partial charge is 0.497 e. The van der Waals surface area contributed by atoms with E-state index >= 15 is 0 Å². The topological polar surface area (TPSA) is 35.2 Å². The first-order chi connectivity index (χ1) is 9.51. The smallest absolute Gasteiger partial charge is 0.120 e. The Balaban J connectivity index is 2.19. The molecular formula is C15H14Cl3NO. The summed E-state index contributed by atoms with van der Waals surface area (Å²) in [4.78, 5) is 0. The van der Waals surface area contributed by atoms with E-state index in [1.165, 1.54) is 0 Å². The van der Waals surface area contributed by atoms with Gasteiger partial charge in [0.15, 0.2) is 0 Å². The second-order valence-electron chi connectivity index (χ2n) is 4.45. The van der Waals surface area contributed by atoms with Gasteiger partial charge < -0.3 is 10.5 Å². The Bertz CT molecular complexity index is 616. The van der Waals surface area contributed by atoms with E-state index in [4.69, 9.17) is 45.3 Å². The first-order valence-electron chi connectivity index (χ1n) is 6.04. The van der Waals surface area contributed by atoms with Crippen LogP contribution < -0.4 is 10.5 Å². The number of hydrogen-bond donors (Lipinski definition) is 1. The zero-order chi connectivity index (χ0) is 14.7. The van der Waals surface area contributed by atoms with Crippen LogP contribution >= 0.6 is 34.8 Å². The van der Waals surface area contributed by atoms with Crippen molar-refractivity contribution in [1.82, 2.24) is 0 Å². The number of benzene rings is 2. The van der Waals surface area contributed by atoms with Gasteiger partial charge in [-0.15, -0.1) is 0 Å². The molecule has 1 atom stereocenters. The van der Waals surface area contributed by atoms with Gasteiger partial charge in [0.2, 0.25) is 0 Å². The molecule has 0 saturated carbocycles. The highest BCUT2D eigenvalue weighted by Crippen LogP contribution is 2.29. The molecule has 2 rings (SSSR count). The quantitative estimate of drug-likeness (QED) is 0.865. The van der Waals surface area contributed by atoms with E-state index in [1.807, 2.05) is 24.3 Å². The second kappa shape index (κ2) is 6.68. The number of nitrogens with two attached hydrogens (primary N) is 1. The van der Waals surface area contributed by atoms with Gasteiger partial charge in [0.1, 0.15) is 5.75 Å². The molecule has 0 aromatic heterocycles. The summed E-state index contributed by atoms with van der Waals surface area (Å²) in [5, 5.41) is 1.65. The van der Waals surface area contributed by atoms with E-state index in [9.17, 15) is 0 Å². The third kappa shape index (κ3) is 3.58. The predicted octanol–water partition coefficient (Wildman–Crippen LogP) is 4.90. The van der Waals surface area contributed by atoms with Gasteiger partial charge in [0.25, 0.3) is 0 Å². The second-order valence-corrected chi connectivity index (χ2v) is 5.67. The lowest BCUT2D eigenvalue weighted by atomic mass is 9.99.